The van der Waals surface area contributed by atoms with E-state index in [1.54, 1.807) is 4.90 Å². The zero-order valence-electron chi connectivity index (χ0n) is 21.0. The SMILES string of the molecule is CCN1CCC(c2ccc(N3C=C(F)C(c4cc(F)c5c(c4)C(C)(CC)C(C)=N5)=NC3)nc2)CC1. The maximum atomic E-state index is 15.2. The third-order valence-electron chi connectivity index (χ3n) is 8.16. The summed E-state index contributed by atoms with van der Waals surface area (Å²) in [5.74, 6) is 0.241. The van der Waals surface area contributed by atoms with Gasteiger partial charge in [0.25, 0.3) is 0 Å². The van der Waals surface area contributed by atoms with E-state index < -0.39 is 11.6 Å². The molecule has 1 aromatic carbocycles. The van der Waals surface area contributed by atoms with E-state index in [0.29, 0.717) is 23.0 Å². The second kappa shape index (κ2) is 9.26. The molecule has 0 aliphatic carbocycles. The van der Waals surface area contributed by atoms with Crippen molar-refractivity contribution >= 4 is 22.9 Å². The fraction of sp³-hybridized carbons (Fsp3) is 0.464. The van der Waals surface area contributed by atoms with Gasteiger partial charge in [0.1, 0.15) is 29.7 Å². The third kappa shape index (κ3) is 4.20. The highest BCUT2D eigenvalue weighted by Crippen LogP contribution is 2.44. The standard InChI is InChI=1S/C28H33F2N5/c1-5-28(4)18(3)33-27-22(28)13-21(14-23(27)29)26-24(30)16-35(17-32-26)25-8-7-20(15-31-25)19-9-11-34(6-2)12-10-19/h7-8,13-16,19H,5-6,9-12,17H2,1-4H3. The highest BCUT2D eigenvalue weighted by Gasteiger charge is 2.37. The summed E-state index contributed by atoms with van der Waals surface area (Å²) < 4.78 is 30.2. The number of benzene rings is 1. The number of anilines is 1. The number of halogens is 2. The summed E-state index contributed by atoms with van der Waals surface area (Å²) in [5.41, 5.74) is 3.54. The predicted octanol–water partition coefficient (Wildman–Crippen LogP) is 6.27. The Kier molecular flexibility index (Phi) is 6.30. The van der Waals surface area contributed by atoms with Crippen LogP contribution < -0.4 is 4.90 Å². The quantitative estimate of drug-likeness (QED) is 0.510. The van der Waals surface area contributed by atoms with E-state index in [1.165, 1.54) is 17.8 Å². The molecule has 1 unspecified atom stereocenters. The van der Waals surface area contributed by atoms with Crippen molar-refractivity contribution in [2.75, 3.05) is 31.2 Å². The molecule has 7 heteroatoms. The molecule has 0 N–H and O–H groups in total. The van der Waals surface area contributed by atoms with Crippen molar-refractivity contribution in [3.05, 3.63) is 65.0 Å². The summed E-state index contributed by atoms with van der Waals surface area (Å²) in [4.78, 5) is 17.7. The van der Waals surface area contributed by atoms with Gasteiger partial charge in [0.2, 0.25) is 0 Å². The van der Waals surface area contributed by atoms with E-state index in [1.807, 2.05) is 25.3 Å². The van der Waals surface area contributed by atoms with Gasteiger partial charge in [-0.25, -0.2) is 13.8 Å². The lowest BCUT2D eigenvalue weighted by Gasteiger charge is -2.31. The topological polar surface area (TPSA) is 44.1 Å². The van der Waals surface area contributed by atoms with Crippen molar-refractivity contribution in [1.82, 2.24) is 9.88 Å². The largest absolute Gasteiger partial charge is 0.310 e. The van der Waals surface area contributed by atoms with Crippen LogP contribution in [0.1, 0.15) is 69.6 Å². The number of hydrogen-bond acceptors (Lipinski definition) is 5. The minimum absolute atomic E-state index is 0.172. The molecule has 0 amide bonds. The monoisotopic (exact) mass is 477 g/mol. The smallest absolute Gasteiger partial charge is 0.165 e. The predicted molar refractivity (Wildman–Crippen MR) is 138 cm³/mol. The highest BCUT2D eigenvalue weighted by atomic mass is 19.1. The fourth-order valence-electron chi connectivity index (χ4n) is 5.42. The van der Waals surface area contributed by atoms with Crippen LogP contribution in [0.15, 0.2) is 52.5 Å². The van der Waals surface area contributed by atoms with Crippen molar-refractivity contribution in [3.63, 3.8) is 0 Å². The number of likely N-dealkylation sites (tertiary alicyclic amines) is 1. The number of fused-ring (bicyclic) bond motifs is 1. The van der Waals surface area contributed by atoms with Crippen molar-refractivity contribution in [3.8, 4) is 0 Å². The summed E-state index contributed by atoms with van der Waals surface area (Å²) in [5, 5.41) is 0. The number of nitrogens with zero attached hydrogens (tertiary/aromatic N) is 5. The van der Waals surface area contributed by atoms with Crippen LogP contribution in [0, 0.1) is 5.82 Å². The zero-order valence-corrected chi connectivity index (χ0v) is 21.0. The molecule has 2 aromatic rings. The Morgan fingerprint density at radius 3 is 2.51 bits per heavy atom. The average molecular weight is 478 g/mol. The summed E-state index contributed by atoms with van der Waals surface area (Å²) in [7, 11) is 0. The average Bonchev–Trinajstić information content (AvgIpc) is 3.15. The Bertz CT molecular complexity index is 1210. The zero-order chi connectivity index (χ0) is 24.7. The minimum Gasteiger partial charge on any atom is -0.310 e. The maximum Gasteiger partial charge on any atom is 0.165 e. The van der Waals surface area contributed by atoms with E-state index in [0.717, 1.165) is 50.2 Å². The van der Waals surface area contributed by atoms with Gasteiger partial charge in [-0.2, -0.15) is 0 Å². The summed E-state index contributed by atoms with van der Waals surface area (Å²) in [6, 6.07) is 7.23. The number of hydrogen-bond donors (Lipinski definition) is 0. The number of aliphatic imine (C=N–C) groups is 2. The van der Waals surface area contributed by atoms with Crippen LogP contribution >= 0.6 is 0 Å². The molecule has 1 fully saturated rings. The normalized spacial score (nSPS) is 23.1. The molecule has 0 radical (unpaired) electrons. The van der Waals surface area contributed by atoms with Gasteiger partial charge in [0, 0.05) is 29.1 Å². The Morgan fingerprint density at radius 2 is 1.89 bits per heavy atom. The molecule has 0 bridgehead atoms. The highest BCUT2D eigenvalue weighted by molar-refractivity contribution is 6.13. The Morgan fingerprint density at radius 1 is 1.11 bits per heavy atom. The van der Waals surface area contributed by atoms with Crippen LogP contribution in [0.4, 0.5) is 20.3 Å². The van der Waals surface area contributed by atoms with Crippen molar-refractivity contribution < 1.29 is 8.78 Å². The molecule has 35 heavy (non-hydrogen) atoms. The second-order valence-electron chi connectivity index (χ2n) is 9.99. The van der Waals surface area contributed by atoms with E-state index in [4.69, 9.17) is 0 Å². The van der Waals surface area contributed by atoms with Crippen molar-refractivity contribution in [2.45, 2.75) is 58.3 Å². The molecular formula is C28H33F2N5. The third-order valence-corrected chi connectivity index (χ3v) is 8.16. The van der Waals surface area contributed by atoms with Gasteiger partial charge in [-0.3, -0.25) is 9.98 Å². The molecule has 4 heterocycles. The van der Waals surface area contributed by atoms with Gasteiger partial charge in [0.15, 0.2) is 5.83 Å². The molecular weight excluding hydrogens is 444 g/mol. The number of allylic oxidation sites excluding steroid dienone is 1. The van der Waals surface area contributed by atoms with Crippen LogP contribution in [0.25, 0.3) is 0 Å². The van der Waals surface area contributed by atoms with Crippen LogP contribution in [0.2, 0.25) is 0 Å². The Labute approximate surface area is 206 Å². The number of aromatic nitrogens is 1. The van der Waals surface area contributed by atoms with Gasteiger partial charge >= 0.3 is 0 Å². The Hall–Kier alpha value is -2.93. The van der Waals surface area contributed by atoms with Crippen LogP contribution in [0.3, 0.4) is 0 Å². The van der Waals surface area contributed by atoms with Crippen LogP contribution in [0.5, 0.6) is 0 Å². The summed E-state index contributed by atoms with van der Waals surface area (Å²) >= 11 is 0. The van der Waals surface area contributed by atoms with Gasteiger partial charge in [0.05, 0.1) is 0 Å². The van der Waals surface area contributed by atoms with Gasteiger partial charge < -0.3 is 9.80 Å². The maximum absolute atomic E-state index is 15.2. The van der Waals surface area contributed by atoms with E-state index >= 15 is 4.39 Å². The molecule has 1 atom stereocenters. The van der Waals surface area contributed by atoms with Gasteiger partial charge in [-0.15, -0.1) is 0 Å². The van der Waals surface area contributed by atoms with Crippen molar-refractivity contribution in [1.29, 1.82) is 0 Å². The first-order valence-corrected chi connectivity index (χ1v) is 12.6. The summed E-state index contributed by atoms with van der Waals surface area (Å²) in [6.45, 7) is 11.8. The van der Waals surface area contributed by atoms with Gasteiger partial charge in [-0.05, 0) is 81.1 Å². The first-order chi connectivity index (χ1) is 16.8. The molecule has 5 nitrogen and oxygen atoms in total. The lowest BCUT2D eigenvalue weighted by Crippen LogP contribution is -2.32. The number of piperidine rings is 1. The molecule has 3 aliphatic heterocycles. The lowest BCUT2D eigenvalue weighted by molar-refractivity contribution is 0.222. The van der Waals surface area contributed by atoms with E-state index in [9.17, 15) is 4.39 Å². The second-order valence-corrected chi connectivity index (χ2v) is 9.99. The summed E-state index contributed by atoms with van der Waals surface area (Å²) in [6.07, 6.45) is 6.39. The van der Waals surface area contributed by atoms with Crippen LogP contribution in [-0.2, 0) is 5.41 Å². The first kappa shape index (κ1) is 23.8. The first-order valence-electron chi connectivity index (χ1n) is 12.6. The fourth-order valence-corrected chi connectivity index (χ4v) is 5.42. The molecule has 1 saturated heterocycles. The number of rotatable bonds is 5. The molecule has 184 valence electrons. The minimum atomic E-state index is -0.498. The molecule has 1 aromatic heterocycles. The molecule has 3 aliphatic rings. The Balaban J connectivity index is 1.33. The molecule has 5 rings (SSSR count). The van der Waals surface area contributed by atoms with Crippen molar-refractivity contribution in [2.24, 2.45) is 9.98 Å². The van der Waals surface area contributed by atoms with Gasteiger partial charge in [-0.1, -0.05) is 26.8 Å². The van der Waals surface area contributed by atoms with E-state index in [-0.39, 0.29) is 17.8 Å². The molecule has 0 spiro atoms. The number of pyridine rings is 1. The molecule has 0 saturated carbocycles. The van der Waals surface area contributed by atoms with E-state index in [2.05, 4.69) is 46.7 Å². The lowest BCUT2D eigenvalue weighted by atomic mass is 9.77. The van der Waals surface area contributed by atoms with Crippen LogP contribution in [-0.4, -0.2) is 47.6 Å².